The molecule has 0 bridgehead atoms. The maximum Gasteiger partial charge on any atom is 0.227 e. The molecule has 0 fully saturated rings. The zero-order valence-electron chi connectivity index (χ0n) is 25.6. The number of aromatic nitrogens is 3. The molecule has 220 valence electrons. The molecule has 0 saturated heterocycles. The van der Waals surface area contributed by atoms with Crippen molar-refractivity contribution in [3.05, 3.63) is 138 Å². The van der Waals surface area contributed by atoms with Crippen LogP contribution in [-0.2, 0) is 0 Å². The fourth-order valence-corrected chi connectivity index (χ4v) is 7.23. The predicted octanol–water partition coefficient (Wildman–Crippen LogP) is 11.0. The first kappa shape index (κ1) is 26.6. The molecule has 0 amide bonds. The van der Waals surface area contributed by atoms with Gasteiger partial charge in [0.15, 0.2) is 0 Å². The molecule has 3 aromatic heterocycles. The summed E-state index contributed by atoms with van der Waals surface area (Å²) in [5, 5.41) is 6.41. The molecule has 4 nitrogen and oxygen atoms in total. The Bertz CT molecular complexity index is 2660. The topological polar surface area (TPSA) is 43.9 Å². The molecule has 0 aliphatic rings. The zero-order valence-corrected chi connectivity index (χ0v) is 25.6. The molecule has 0 N–H and O–H groups in total. The minimum atomic E-state index is -0.254. The number of benzene rings is 6. The number of nitrogens with zero attached hydrogens (tertiary/aromatic N) is 3. The normalized spacial score (nSPS) is 11.9. The lowest BCUT2D eigenvalue weighted by atomic mass is 9.99. The number of pyridine rings is 1. The highest BCUT2D eigenvalue weighted by molar-refractivity contribution is 6.24. The van der Waals surface area contributed by atoms with E-state index in [1.165, 1.54) is 0 Å². The third-order valence-electron chi connectivity index (χ3n) is 9.22. The van der Waals surface area contributed by atoms with Gasteiger partial charge in [0.1, 0.15) is 17.2 Å². The van der Waals surface area contributed by atoms with Crippen molar-refractivity contribution in [2.45, 2.75) is 20.8 Å². The molecule has 9 aromatic rings. The summed E-state index contributed by atoms with van der Waals surface area (Å²) in [5.74, 6) is 0.483. The van der Waals surface area contributed by atoms with E-state index in [4.69, 9.17) is 14.4 Å². The summed E-state index contributed by atoms with van der Waals surface area (Å²) < 4.78 is 23.6. The number of imidazole rings is 1. The molecule has 0 unspecified atom stereocenters. The van der Waals surface area contributed by atoms with Crippen LogP contribution in [0.1, 0.15) is 16.7 Å². The Kier molecular flexibility index (Phi) is 5.69. The summed E-state index contributed by atoms with van der Waals surface area (Å²) in [6.07, 6.45) is 0. The van der Waals surface area contributed by atoms with E-state index in [0.717, 1.165) is 94.0 Å². The molecule has 0 saturated carbocycles. The molecule has 5 heteroatoms. The van der Waals surface area contributed by atoms with Crippen LogP contribution in [0.3, 0.4) is 0 Å². The highest BCUT2D eigenvalue weighted by Crippen LogP contribution is 2.43. The van der Waals surface area contributed by atoms with E-state index in [1.54, 1.807) is 12.1 Å². The molecule has 6 aromatic carbocycles. The zero-order chi connectivity index (χ0) is 31.1. The summed E-state index contributed by atoms with van der Waals surface area (Å²) >= 11 is 0. The van der Waals surface area contributed by atoms with E-state index in [2.05, 4.69) is 96.4 Å². The Hall–Kier alpha value is -5.81. The highest BCUT2D eigenvalue weighted by atomic mass is 19.1. The summed E-state index contributed by atoms with van der Waals surface area (Å²) in [6, 6.07) is 38.6. The van der Waals surface area contributed by atoms with Crippen LogP contribution in [0.15, 0.2) is 120 Å². The van der Waals surface area contributed by atoms with Gasteiger partial charge in [-0.3, -0.25) is 4.57 Å². The van der Waals surface area contributed by atoms with E-state index < -0.39 is 0 Å². The van der Waals surface area contributed by atoms with Crippen molar-refractivity contribution in [3.63, 3.8) is 0 Å². The number of rotatable bonds is 3. The average molecular weight is 598 g/mol. The van der Waals surface area contributed by atoms with Crippen LogP contribution in [0, 0.1) is 26.6 Å². The van der Waals surface area contributed by atoms with Gasteiger partial charge < -0.3 is 4.42 Å². The van der Waals surface area contributed by atoms with Crippen molar-refractivity contribution in [3.8, 4) is 28.3 Å². The summed E-state index contributed by atoms with van der Waals surface area (Å²) in [4.78, 5) is 10.4. The van der Waals surface area contributed by atoms with Gasteiger partial charge in [0.2, 0.25) is 5.71 Å². The van der Waals surface area contributed by atoms with Crippen LogP contribution in [0.25, 0.3) is 83.0 Å². The number of hydrogen-bond acceptors (Lipinski definition) is 3. The first-order chi connectivity index (χ1) is 22.5. The third kappa shape index (κ3) is 3.78. The standard InChI is InChI=1S/C41H28FN3O/c1-23-17-18-33(39-35(23)32-19-20-34(43-41(32)46-39)26-11-5-4-6-12-26)40-44-36-30-15-9-7-13-28(30)29-14-8-10-16-31(29)38(36)45(40)37-24(2)21-27(42)22-25(37)3/h4-22H,1-3H3. The summed E-state index contributed by atoms with van der Waals surface area (Å²) in [6.45, 7) is 6.03. The van der Waals surface area contributed by atoms with E-state index in [0.29, 0.717) is 5.71 Å². The van der Waals surface area contributed by atoms with Gasteiger partial charge in [0, 0.05) is 27.1 Å². The monoisotopic (exact) mass is 597 g/mol. The van der Waals surface area contributed by atoms with Gasteiger partial charge >= 0.3 is 0 Å². The molecule has 0 aliphatic heterocycles. The van der Waals surface area contributed by atoms with Gasteiger partial charge in [-0.2, -0.15) is 0 Å². The lowest BCUT2D eigenvalue weighted by molar-refractivity contribution is 0.624. The van der Waals surface area contributed by atoms with Crippen molar-refractivity contribution < 1.29 is 8.81 Å². The number of halogens is 1. The summed E-state index contributed by atoms with van der Waals surface area (Å²) in [5.41, 5.74) is 9.60. The quantitative estimate of drug-likeness (QED) is 0.190. The van der Waals surface area contributed by atoms with E-state index in [9.17, 15) is 4.39 Å². The SMILES string of the molecule is Cc1cc(F)cc(C)c1-n1c(-c2ccc(C)c3c2oc2nc(-c4ccccc4)ccc23)nc2c3ccccc3c3ccccc3c21. The van der Waals surface area contributed by atoms with Crippen molar-refractivity contribution >= 4 is 54.6 Å². The molecule has 3 heterocycles. The van der Waals surface area contributed by atoms with Gasteiger partial charge in [-0.1, -0.05) is 84.9 Å². The molecular formula is C41H28FN3O. The lowest BCUT2D eigenvalue weighted by Gasteiger charge is -2.17. The molecule has 0 atom stereocenters. The van der Waals surface area contributed by atoms with Gasteiger partial charge in [-0.25, -0.2) is 14.4 Å². The molecule has 0 radical (unpaired) electrons. The Morgan fingerprint density at radius 1 is 0.609 bits per heavy atom. The Morgan fingerprint density at radius 3 is 2.00 bits per heavy atom. The average Bonchev–Trinajstić information content (AvgIpc) is 3.65. The largest absolute Gasteiger partial charge is 0.437 e. The van der Waals surface area contributed by atoms with Crippen molar-refractivity contribution in [1.82, 2.24) is 14.5 Å². The van der Waals surface area contributed by atoms with Gasteiger partial charge in [0.25, 0.3) is 0 Å². The maximum absolute atomic E-state index is 14.7. The second-order valence-corrected chi connectivity index (χ2v) is 12.1. The fraction of sp³-hybridized carbons (Fsp3) is 0.0732. The minimum Gasteiger partial charge on any atom is -0.437 e. The van der Waals surface area contributed by atoms with Gasteiger partial charge in [0.05, 0.1) is 28.0 Å². The molecule has 0 spiro atoms. The summed E-state index contributed by atoms with van der Waals surface area (Å²) in [7, 11) is 0. The van der Waals surface area contributed by atoms with Crippen LogP contribution in [-0.4, -0.2) is 14.5 Å². The van der Waals surface area contributed by atoms with Crippen molar-refractivity contribution in [2.75, 3.05) is 0 Å². The van der Waals surface area contributed by atoms with E-state index in [1.807, 2.05) is 32.0 Å². The first-order valence-corrected chi connectivity index (χ1v) is 15.5. The Balaban J connectivity index is 1.45. The predicted molar refractivity (Wildman–Crippen MR) is 186 cm³/mol. The lowest BCUT2D eigenvalue weighted by Crippen LogP contribution is -2.04. The van der Waals surface area contributed by atoms with Crippen molar-refractivity contribution in [1.29, 1.82) is 0 Å². The molecule has 9 rings (SSSR count). The smallest absolute Gasteiger partial charge is 0.227 e. The fourth-order valence-electron chi connectivity index (χ4n) is 7.23. The second-order valence-electron chi connectivity index (χ2n) is 12.1. The van der Waals surface area contributed by atoms with E-state index >= 15 is 0 Å². The Morgan fingerprint density at radius 2 is 1.26 bits per heavy atom. The third-order valence-corrected chi connectivity index (χ3v) is 9.22. The minimum absolute atomic E-state index is 0.254. The van der Waals surface area contributed by atoms with Crippen LogP contribution < -0.4 is 0 Å². The number of hydrogen-bond donors (Lipinski definition) is 0. The second kappa shape index (κ2) is 9.85. The van der Waals surface area contributed by atoms with Crippen LogP contribution in [0.4, 0.5) is 4.39 Å². The number of fused-ring (bicyclic) bond motifs is 9. The molecule has 0 aliphatic carbocycles. The van der Waals surface area contributed by atoms with E-state index in [-0.39, 0.29) is 5.82 Å². The highest BCUT2D eigenvalue weighted by Gasteiger charge is 2.25. The van der Waals surface area contributed by atoms with Crippen LogP contribution in [0.2, 0.25) is 0 Å². The maximum atomic E-state index is 14.7. The van der Waals surface area contributed by atoms with Crippen molar-refractivity contribution in [2.24, 2.45) is 0 Å². The number of aryl methyl sites for hydroxylation is 3. The van der Waals surface area contributed by atoms with Crippen LogP contribution in [0.5, 0.6) is 0 Å². The molecular weight excluding hydrogens is 569 g/mol. The van der Waals surface area contributed by atoms with Gasteiger partial charge in [-0.15, -0.1) is 0 Å². The number of furan rings is 1. The van der Waals surface area contributed by atoms with Crippen LogP contribution >= 0.6 is 0 Å². The van der Waals surface area contributed by atoms with Gasteiger partial charge in [-0.05, 0) is 78.6 Å². The molecule has 46 heavy (non-hydrogen) atoms. The Labute approximate surface area is 264 Å². The first-order valence-electron chi connectivity index (χ1n) is 15.5.